The third-order valence-electron chi connectivity index (χ3n) is 5.09. The van der Waals surface area contributed by atoms with Crippen LogP contribution in [0.5, 0.6) is 0 Å². The minimum atomic E-state index is -0.303. The van der Waals surface area contributed by atoms with Crippen LogP contribution >= 0.6 is 0 Å². The molecular formula is C16H26N4O3. The molecule has 0 radical (unpaired) electrons. The van der Waals surface area contributed by atoms with Gasteiger partial charge >= 0.3 is 0 Å². The Morgan fingerprint density at radius 1 is 1.22 bits per heavy atom. The van der Waals surface area contributed by atoms with Crippen molar-refractivity contribution < 1.29 is 14.4 Å². The smallest absolute Gasteiger partial charge is 0.252 e. The first kappa shape index (κ1) is 16.4. The molecular weight excluding hydrogens is 296 g/mol. The van der Waals surface area contributed by atoms with E-state index < -0.39 is 0 Å². The zero-order chi connectivity index (χ0) is 16.1. The number of aliphatic hydroxyl groups is 1. The fourth-order valence-electron chi connectivity index (χ4n) is 3.88. The summed E-state index contributed by atoms with van der Waals surface area (Å²) < 4.78 is 4.86. The summed E-state index contributed by atoms with van der Waals surface area (Å²) in [5, 5.41) is 15.8. The van der Waals surface area contributed by atoms with Crippen molar-refractivity contribution in [2.24, 2.45) is 0 Å². The summed E-state index contributed by atoms with van der Waals surface area (Å²) in [4.78, 5) is 19.3. The van der Waals surface area contributed by atoms with Gasteiger partial charge in [-0.05, 0) is 38.8 Å². The molecule has 7 heteroatoms. The van der Waals surface area contributed by atoms with E-state index in [0.717, 1.165) is 38.8 Å². The Labute approximate surface area is 136 Å². The van der Waals surface area contributed by atoms with Crippen LogP contribution in [0.15, 0.2) is 4.52 Å². The van der Waals surface area contributed by atoms with Crippen LogP contribution in [-0.2, 0) is 17.8 Å². The Hall–Kier alpha value is -1.47. The molecule has 0 aromatic carbocycles. The summed E-state index contributed by atoms with van der Waals surface area (Å²) in [6, 6.07) is 0. The average molecular weight is 322 g/mol. The molecule has 1 amide bonds. The number of hydrogen-bond acceptors (Lipinski definition) is 6. The van der Waals surface area contributed by atoms with Crippen LogP contribution in [0.4, 0.5) is 0 Å². The van der Waals surface area contributed by atoms with Crippen molar-refractivity contribution in [2.45, 2.75) is 63.5 Å². The highest BCUT2D eigenvalue weighted by atomic mass is 16.5. The van der Waals surface area contributed by atoms with Gasteiger partial charge in [-0.25, -0.2) is 0 Å². The van der Waals surface area contributed by atoms with Crippen LogP contribution in [0.3, 0.4) is 0 Å². The van der Waals surface area contributed by atoms with Crippen molar-refractivity contribution in [3.05, 3.63) is 11.7 Å². The first-order valence-corrected chi connectivity index (χ1v) is 8.70. The molecule has 1 aromatic heterocycles. The van der Waals surface area contributed by atoms with Crippen LogP contribution in [0.2, 0.25) is 0 Å². The molecule has 0 unspecified atom stereocenters. The highest BCUT2D eigenvalue weighted by molar-refractivity contribution is 5.86. The van der Waals surface area contributed by atoms with Crippen molar-refractivity contribution >= 4 is 5.91 Å². The lowest BCUT2D eigenvalue weighted by atomic mass is 9.79. The highest BCUT2D eigenvalue weighted by Gasteiger charge is 2.45. The van der Waals surface area contributed by atoms with Crippen molar-refractivity contribution in [3.63, 3.8) is 0 Å². The predicted octanol–water partition coefficient (Wildman–Crippen LogP) is 1.02. The fraction of sp³-hybridized carbons (Fsp3) is 0.812. The number of aliphatic hydroxyl groups excluding tert-OH is 1. The van der Waals surface area contributed by atoms with E-state index in [4.69, 9.17) is 9.63 Å². The number of carbonyl (C=O) groups is 1. The van der Waals surface area contributed by atoms with Crippen molar-refractivity contribution in [2.75, 3.05) is 19.6 Å². The quantitative estimate of drug-likeness (QED) is 0.812. The third kappa shape index (κ3) is 3.55. The third-order valence-corrected chi connectivity index (χ3v) is 5.09. The van der Waals surface area contributed by atoms with Gasteiger partial charge in [-0.2, -0.15) is 4.98 Å². The zero-order valence-corrected chi connectivity index (χ0v) is 13.6. The Morgan fingerprint density at radius 3 is 2.61 bits per heavy atom. The number of aromatic nitrogens is 2. The Kier molecular flexibility index (Phi) is 5.27. The van der Waals surface area contributed by atoms with Crippen LogP contribution in [0, 0.1) is 0 Å². The van der Waals surface area contributed by atoms with E-state index in [1.54, 1.807) is 0 Å². The van der Waals surface area contributed by atoms with Crippen LogP contribution < -0.4 is 5.32 Å². The minimum absolute atomic E-state index is 0.157. The molecule has 0 spiro atoms. The van der Waals surface area contributed by atoms with E-state index >= 15 is 0 Å². The lowest BCUT2D eigenvalue weighted by Gasteiger charge is -2.43. The molecule has 23 heavy (non-hydrogen) atoms. The van der Waals surface area contributed by atoms with Crippen molar-refractivity contribution in [3.8, 4) is 0 Å². The van der Waals surface area contributed by atoms with Gasteiger partial charge in [0, 0.05) is 13.0 Å². The molecule has 2 fully saturated rings. The maximum atomic E-state index is 12.9. The van der Waals surface area contributed by atoms with Gasteiger partial charge in [0.25, 0.3) is 5.89 Å². The second kappa shape index (κ2) is 7.40. The second-order valence-corrected chi connectivity index (χ2v) is 6.55. The molecule has 0 bridgehead atoms. The maximum Gasteiger partial charge on any atom is 0.252 e. The van der Waals surface area contributed by atoms with E-state index in [0.29, 0.717) is 18.8 Å². The molecule has 1 saturated heterocycles. The largest absolute Gasteiger partial charge is 0.387 e. The summed E-state index contributed by atoms with van der Waals surface area (Å²) in [6.07, 6.45) is 8.35. The molecule has 2 N–H and O–H groups in total. The summed E-state index contributed by atoms with van der Waals surface area (Å²) in [5.74, 6) is 0.894. The molecule has 3 rings (SSSR count). The molecule has 1 aliphatic carbocycles. The highest BCUT2D eigenvalue weighted by Crippen LogP contribution is 2.36. The van der Waals surface area contributed by atoms with Gasteiger partial charge in [0.2, 0.25) is 5.91 Å². The molecule has 0 atom stereocenters. The van der Waals surface area contributed by atoms with E-state index in [1.165, 1.54) is 19.3 Å². The number of likely N-dealkylation sites (tertiary alicyclic amines) is 1. The van der Waals surface area contributed by atoms with E-state index in [2.05, 4.69) is 20.4 Å². The van der Waals surface area contributed by atoms with Gasteiger partial charge in [-0.1, -0.05) is 24.4 Å². The molecule has 128 valence electrons. The lowest BCUT2D eigenvalue weighted by molar-refractivity contribution is -0.135. The Balaban J connectivity index is 1.57. The number of carbonyl (C=O) groups excluding carboxylic acids is 1. The summed E-state index contributed by atoms with van der Waals surface area (Å²) in [5.41, 5.74) is -0.303. The molecule has 1 aromatic rings. The number of nitrogens with zero attached hydrogens (tertiary/aromatic N) is 3. The molecule has 1 saturated carbocycles. The number of rotatable bonds is 6. The van der Waals surface area contributed by atoms with Gasteiger partial charge in [-0.3, -0.25) is 9.69 Å². The van der Waals surface area contributed by atoms with Gasteiger partial charge in [0.15, 0.2) is 5.82 Å². The van der Waals surface area contributed by atoms with Gasteiger partial charge in [0.05, 0.1) is 0 Å². The van der Waals surface area contributed by atoms with Crippen molar-refractivity contribution in [1.82, 2.24) is 20.4 Å². The standard InChI is InChI=1S/C16H26N4O3/c21-12-14-18-13(19-23-14)6-9-17-15(22)16(7-2-1-3-8-16)20-10-4-5-11-20/h21H,1-12H2,(H,17,22). The van der Waals surface area contributed by atoms with Gasteiger partial charge in [-0.15, -0.1) is 0 Å². The number of nitrogens with one attached hydrogen (secondary N) is 1. The van der Waals surface area contributed by atoms with E-state index in [1.807, 2.05) is 0 Å². The monoisotopic (exact) mass is 322 g/mol. The first-order chi connectivity index (χ1) is 11.2. The van der Waals surface area contributed by atoms with Crippen LogP contribution in [0.25, 0.3) is 0 Å². The molecule has 2 aliphatic rings. The zero-order valence-electron chi connectivity index (χ0n) is 13.6. The number of hydrogen-bond donors (Lipinski definition) is 2. The minimum Gasteiger partial charge on any atom is -0.387 e. The summed E-state index contributed by atoms with van der Waals surface area (Å²) in [7, 11) is 0. The van der Waals surface area contributed by atoms with E-state index in [-0.39, 0.29) is 23.9 Å². The summed E-state index contributed by atoms with van der Waals surface area (Å²) in [6.45, 7) is 2.33. The fourth-order valence-corrected chi connectivity index (χ4v) is 3.88. The van der Waals surface area contributed by atoms with Gasteiger partial charge in [0.1, 0.15) is 12.1 Å². The normalized spacial score (nSPS) is 21.4. The lowest BCUT2D eigenvalue weighted by Crippen LogP contribution is -2.59. The van der Waals surface area contributed by atoms with Crippen LogP contribution in [-0.4, -0.2) is 51.2 Å². The van der Waals surface area contributed by atoms with Crippen molar-refractivity contribution in [1.29, 1.82) is 0 Å². The van der Waals surface area contributed by atoms with Crippen LogP contribution in [0.1, 0.15) is 56.7 Å². The Bertz CT molecular complexity index is 519. The Morgan fingerprint density at radius 2 is 1.96 bits per heavy atom. The second-order valence-electron chi connectivity index (χ2n) is 6.55. The van der Waals surface area contributed by atoms with E-state index in [9.17, 15) is 4.79 Å². The van der Waals surface area contributed by atoms with Gasteiger partial charge < -0.3 is 14.9 Å². The molecule has 1 aliphatic heterocycles. The first-order valence-electron chi connectivity index (χ1n) is 8.70. The molecule has 2 heterocycles. The SMILES string of the molecule is O=C(NCCc1noc(CO)n1)C1(N2CCCC2)CCCCC1. The molecule has 7 nitrogen and oxygen atoms in total. The predicted molar refractivity (Wildman–Crippen MR) is 83.6 cm³/mol. The topological polar surface area (TPSA) is 91.5 Å². The maximum absolute atomic E-state index is 12.9. The number of amides is 1. The summed E-state index contributed by atoms with van der Waals surface area (Å²) >= 11 is 0. The average Bonchev–Trinajstić information content (AvgIpc) is 3.27.